The van der Waals surface area contributed by atoms with Gasteiger partial charge in [-0.3, -0.25) is 0 Å². The smallest absolute Gasteiger partial charge is 0.336 e. The first kappa shape index (κ1) is 32.7. The molecule has 210 valence electrons. The van der Waals surface area contributed by atoms with Gasteiger partial charge in [-0.2, -0.15) is 0 Å². The third kappa shape index (κ3) is 12.6. The molecule has 0 aliphatic rings. The van der Waals surface area contributed by atoms with Crippen LogP contribution in [0.15, 0.2) is 6.07 Å². The summed E-state index contributed by atoms with van der Waals surface area (Å²) in [6.07, 6.45) is 20.7. The van der Waals surface area contributed by atoms with E-state index in [4.69, 9.17) is 0 Å². The highest BCUT2D eigenvalue weighted by molar-refractivity contribution is 6.06. The third-order valence-corrected chi connectivity index (χ3v) is 7.25. The quantitative estimate of drug-likeness (QED) is 0.125. The summed E-state index contributed by atoms with van der Waals surface area (Å²) in [4.78, 5) is 36.3. The molecule has 0 unspecified atom stereocenters. The number of aromatic carboxylic acids is 3. The standard InChI is InChI=1S/C31H50O6/c1-3-5-7-9-11-13-15-17-19-21-24-23-26(29(32)33)28(31(36)37)25(27(24)30(34)35)22-20-18-16-14-12-10-8-6-4-2/h23H,3-22H2,1-2H3,(H,32,33)(H,34,35)(H,36,37). The van der Waals surface area contributed by atoms with Gasteiger partial charge in [0.05, 0.1) is 16.7 Å². The zero-order valence-electron chi connectivity index (χ0n) is 23.3. The number of carboxylic acid groups (broad SMARTS) is 3. The van der Waals surface area contributed by atoms with Crippen LogP contribution in [0.25, 0.3) is 0 Å². The molecular weight excluding hydrogens is 468 g/mol. The predicted molar refractivity (Wildman–Crippen MR) is 149 cm³/mol. The number of unbranched alkanes of at least 4 members (excludes halogenated alkanes) is 16. The van der Waals surface area contributed by atoms with Crippen molar-refractivity contribution < 1.29 is 29.7 Å². The molecule has 0 heterocycles. The average molecular weight is 519 g/mol. The molecule has 0 radical (unpaired) electrons. The van der Waals surface area contributed by atoms with Gasteiger partial charge in [0.25, 0.3) is 0 Å². The molecule has 0 bridgehead atoms. The maximum absolute atomic E-state index is 12.3. The summed E-state index contributed by atoms with van der Waals surface area (Å²) in [7, 11) is 0. The Kier molecular flexibility index (Phi) is 17.4. The molecule has 37 heavy (non-hydrogen) atoms. The number of rotatable bonds is 23. The first-order chi connectivity index (χ1) is 17.8. The average Bonchev–Trinajstić information content (AvgIpc) is 2.85. The van der Waals surface area contributed by atoms with Crippen molar-refractivity contribution in [3.63, 3.8) is 0 Å². The van der Waals surface area contributed by atoms with Gasteiger partial charge in [-0.25, -0.2) is 14.4 Å². The zero-order valence-corrected chi connectivity index (χ0v) is 23.3. The van der Waals surface area contributed by atoms with Crippen LogP contribution >= 0.6 is 0 Å². The molecule has 0 saturated heterocycles. The summed E-state index contributed by atoms with van der Waals surface area (Å²) >= 11 is 0. The lowest BCUT2D eigenvalue weighted by Crippen LogP contribution is -2.18. The van der Waals surface area contributed by atoms with Crippen LogP contribution < -0.4 is 0 Å². The van der Waals surface area contributed by atoms with E-state index in [0.717, 1.165) is 44.9 Å². The van der Waals surface area contributed by atoms with E-state index in [0.29, 0.717) is 18.4 Å². The van der Waals surface area contributed by atoms with E-state index in [-0.39, 0.29) is 28.7 Å². The van der Waals surface area contributed by atoms with Crippen LogP contribution in [-0.2, 0) is 12.8 Å². The van der Waals surface area contributed by atoms with Gasteiger partial charge in [-0.15, -0.1) is 0 Å². The Hall–Kier alpha value is -2.37. The van der Waals surface area contributed by atoms with E-state index in [1.165, 1.54) is 70.3 Å². The fraction of sp³-hybridized carbons (Fsp3) is 0.710. The van der Waals surface area contributed by atoms with Crippen LogP contribution in [0.3, 0.4) is 0 Å². The first-order valence-electron chi connectivity index (χ1n) is 14.7. The Morgan fingerprint density at radius 1 is 0.514 bits per heavy atom. The van der Waals surface area contributed by atoms with Crippen molar-refractivity contribution in [1.29, 1.82) is 0 Å². The summed E-state index contributed by atoms with van der Waals surface area (Å²) in [6, 6.07) is 1.29. The van der Waals surface area contributed by atoms with Crippen LogP contribution in [0.4, 0.5) is 0 Å². The molecule has 1 aromatic carbocycles. The maximum Gasteiger partial charge on any atom is 0.336 e. The van der Waals surface area contributed by atoms with Gasteiger partial charge >= 0.3 is 17.9 Å². The normalized spacial score (nSPS) is 11.1. The molecule has 0 amide bonds. The van der Waals surface area contributed by atoms with Crippen LogP contribution in [0, 0.1) is 0 Å². The Morgan fingerprint density at radius 2 is 0.892 bits per heavy atom. The van der Waals surface area contributed by atoms with E-state index in [9.17, 15) is 29.7 Å². The molecule has 0 atom stereocenters. The largest absolute Gasteiger partial charge is 0.478 e. The van der Waals surface area contributed by atoms with Gasteiger partial charge in [0.15, 0.2) is 0 Å². The number of carboxylic acids is 3. The minimum Gasteiger partial charge on any atom is -0.478 e. The van der Waals surface area contributed by atoms with E-state index in [1.54, 1.807) is 0 Å². The number of aryl methyl sites for hydroxylation is 1. The highest BCUT2D eigenvalue weighted by Crippen LogP contribution is 2.28. The molecule has 0 aliphatic heterocycles. The summed E-state index contributed by atoms with van der Waals surface area (Å²) in [6.45, 7) is 4.39. The molecule has 1 rings (SSSR count). The summed E-state index contributed by atoms with van der Waals surface area (Å²) in [5.41, 5.74) is -0.0336. The molecule has 0 aromatic heterocycles. The number of hydrogen-bond donors (Lipinski definition) is 3. The second-order valence-electron chi connectivity index (χ2n) is 10.4. The Balaban J connectivity index is 2.87. The van der Waals surface area contributed by atoms with Gasteiger partial charge in [-0.05, 0) is 42.9 Å². The molecule has 6 heteroatoms. The van der Waals surface area contributed by atoms with Crippen LogP contribution in [-0.4, -0.2) is 33.2 Å². The van der Waals surface area contributed by atoms with Gasteiger partial charge in [0.2, 0.25) is 0 Å². The molecule has 1 aromatic rings. The van der Waals surface area contributed by atoms with Crippen molar-refractivity contribution in [2.24, 2.45) is 0 Å². The number of benzene rings is 1. The molecule has 0 saturated carbocycles. The SMILES string of the molecule is CCCCCCCCCCCc1cc(C(=O)O)c(C(=O)O)c(CCCCCCCCCCC)c1C(=O)O. The Bertz CT molecular complexity index is 829. The molecule has 6 nitrogen and oxygen atoms in total. The summed E-state index contributed by atoms with van der Waals surface area (Å²) < 4.78 is 0. The molecule has 0 aliphatic carbocycles. The highest BCUT2D eigenvalue weighted by atomic mass is 16.4. The van der Waals surface area contributed by atoms with Crippen molar-refractivity contribution in [3.8, 4) is 0 Å². The van der Waals surface area contributed by atoms with Crippen molar-refractivity contribution in [3.05, 3.63) is 33.9 Å². The van der Waals surface area contributed by atoms with Crippen molar-refractivity contribution >= 4 is 17.9 Å². The van der Waals surface area contributed by atoms with E-state index < -0.39 is 17.9 Å². The zero-order chi connectivity index (χ0) is 27.5. The fourth-order valence-electron chi connectivity index (χ4n) is 5.17. The van der Waals surface area contributed by atoms with E-state index >= 15 is 0 Å². The van der Waals surface area contributed by atoms with E-state index in [2.05, 4.69) is 13.8 Å². The van der Waals surface area contributed by atoms with Crippen molar-refractivity contribution in [1.82, 2.24) is 0 Å². The summed E-state index contributed by atoms with van der Waals surface area (Å²) in [5.74, 6) is -3.87. The minimum atomic E-state index is -1.37. The predicted octanol–water partition coefficient (Wildman–Crippen LogP) is 8.93. The van der Waals surface area contributed by atoms with Crippen LogP contribution in [0.1, 0.15) is 172 Å². The lowest BCUT2D eigenvalue weighted by molar-refractivity contribution is 0.0647. The summed E-state index contributed by atoms with van der Waals surface area (Å²) in [5, 5.41) is 29.6. The molecule has 0 fully saturated rings. The van der Waals surface area contributed by atoms with E-state index in [1.807, 2.05) is 0 Å². The first-order valence-corrected chi connectivity index (χ1v) is 14.7. The Labute approximate surface area is 223 Å². The molecule has 3 N–H and O–H groups in total. The molecular formula is C31H50O6. The van der Waals surface area contributed by atoms with Gasteiger partial charge in [-0.1, -0.05) is 117 Å². The monoisotopic (exact) mass is 518 g/mol. The number of carbonyl (C=O) groups is 3. The highest BCUT2D eigenvalue weighted by Gasteiger charge is 2.28. The molecule has 0 spiro atoms. The third-order valence-electron chi connectivity index (χ3n) is 7.25. The van der Waals surface area contributed by atoms with Crippen molar-refractivity contribution in [2.75, 3.05) is 0 Å². The van der Waals surface area contributed by atoms with Gasteiger partial charge < -0.3 is 15.3 Å². The van der Waals surface area contributed by atoms with Gasteiger partial charge in [0, 0.05) is 0 Å². The lowest BCUT2D eigenvalue weighted by atomic mass is 9.86. The topological polar surface area (TPSA) is 112 Å². The van der Waals surface area contributed by atoms with Crippen molar-refractivity contribution in [2.45, 2.75) is 142 Å². The second kappa shape index (κ2) is 19.7. The minimum absolute atomic E-state index is 0.00142. The number of hydrogen-bond acceptors (Lipinski definition) is 3. The second-order valence-corrected chi connectivity index (χ2v) is 10.4. The fourth-order valence-corrected chi connectivity index (χ4v) is 5.17. The lowest BCUT2D eigenvalue weighted by Gasteiger charge is -2.17. The van der Waals surface area contributed by atoms with Crippen LogP contribution in [0.2, 0.25) is 0 Å². The van der Waals surface area contributed by atoms with Gasteiger partial charge in [0.1, 0.15) is 0 Å². The maximum atomic E-state index is 12.3. The Morgan fingerprint density at radius 3 is 1.27 bits per heavy atom. The van der Waals surface area contributed by atoms with Crippen LogP contribution in [0.5, 0.6) is 0 Å².